The zero-order chi connectivity index (χ0) is 15.4. The second kappa shape index (κ2) is 6.53. The van der Waals surface area contributed by atoms with Crippen molar-refractivity contribution in [3.8, 4) is 5.88 Å². The summed E-state index contributed by atoms with van der Waals surface area (Å²) < 4.78 is 1.73. The van der Waals surface area contributed by atoms with Crippen LogP contribution in [0.3, 0.4) is 0 Å². The minimum Gasteiger partial charge on any atom is -0.494 e. The molecule has 0 saturated heterocycles. The summed E-state index contributed by atoms with van der Waals surface area (Å²) in [6, 6.07) is -0.804. The Kier molecular flexibility index (Phi) is 4.73. The molecule has 9 heteroatoms. The number of amides is 2. The van der Waals surface area contributed by atoms with Crippen molar-refractivity contribution in [3.05, 3.63) is 20.7 Å². The summed E-state index contributed by atoms with van der Waals surface area (Å²) in [6.45, 7) is 0. The van der Waals surface area contributed by atoms with Gasteiger partial charge in [0.25, 0.3) is 5.56 Å². The Bertz CT molecular complexity index is 672. The number of aromatic amines is 1. The predicted octanol–water partition coefficient (Wildman–Crippen LogP) is 1.12. The van der Waals surface area contributed by atoms with Gasteiger partial charge in [0.2, 0.25) is 5.88 Å². The van der Waals surface area contributed by atoms with Gasteiger partial charge in [-0.25, -0.2) is 10.2 Å². The average molecular weight is 311 g/mol. The number of urea groups is 1. The highest BCUT2D eigenvalue weighted by Crippen LogP contribution is 2.31. The highest BCUT2D eigenvalue weighted by molar-refractivity contribution is 7.71. The van der Waals surface area contributed by atoms with Crippen LogP contribution in [0.1, 0.15) is 43.7 Å². The highest BCUT2D eigenvalue weighted by Gasteiger charge is 2.21. The van der Waals surface area contributed by atoms with E-state index < -0.39 is 11.6 Å². The molecular weight excluding hydrogens is 294 g/mol. The number of nitrogens with two attached hydrogens (primary N) is 1. The lowest BCUT2D eigenvalue weighted by atomic mass is 9.95. The SMILES string of the molecule is NC(=O)NN=Cc1c(O)n(C2CCCCC2)c(=S)[nH]c1=O. The number of hydrogen-bond donors (Lipinski definition) is 4. The van der Waals surface area contributed by atoms with Gasteiger partial charge < -0.3 is 10.8 Å². The van der Waals surface area contributed by atoms with E-state index in [9.17, 15) is 14.7 Å². The molecule has 0 atom stereocenters. The first-order valence-corrected chi connectivity index (χ1v) is 7.08. The maximum Gasteiger partial charge on any atom is 0.332 e. The first kappa shape index (κ1) is 15.2. The van der Waals surface area contributed by atoms with Crippen LogP contribution in [-0.2, 0) is 0 Å². The number of aromatic nitrogens is 2. The van der Waals surface area contributed by atoms with Crippen LogP contribution in [0, 0.1) is 4.77 Å². The molecule has 0 spiro atoms. The molecule has 1 saturated carbocycles. The summed E-state index contributed by atoms with van der Waals surface area (Å²) in [5, 5.41) is 13.8. The van der Waals surface area contributed by atoms with Gasteiger partial charge in [0, 0.05) is 6.04 Å². The first-order chi connectivity index (χ1) is 10.0. The summed E-state index contributed by atoms with van der Waals surface area (Å²) in [6.07, 6.45) is 6.10. The maximum absolute atomic E-state index is 11.8. The van der Waals surface area contributed by atoms with Crippen molar-refractivity contribution in [1.29, 1.82) is 0 Å². The minimum atomic E-state index is -0.859. The van der Waals surface area contributed by atoms with E-state index >= 15 is 0 Å². The summed E-state index contributed by atoms with van der Waals surface area (Å²) in [4.78, 5) is 24.9. The van der Waals surface area contributed by atoms with Crippen LogP contribution < -0.4 is 16.7 Å². The highest BCUT2D eigenvalue weighted by atomic mass is 32.1. The third kappa shape index (κ3) is 3.48. The number of aromatic hydroxyl groups is 1. The van der Waals surface area contributed by atoms with Gasteiger partial charge in [-0.1, -0.05) is 19.3 Å². The number of primary amides is 1. The zero-order valence-corrected chi connectivity index (χ0v) is 12.2. The van der Waals surface area contributed by atoms with Gasteiger partial charge in [-0.05, 0) is 25.1 Å². The summed E-state index contributed by atoms with van der Waals surface area (Å²) in [5.41, 5.74) is 6.20. The molecule has 1 heterocycles. The van der Waals surface area contributed by atoms with Gasteiger partial charge in [-0.2, -0.15) is 5.10 Å². The average Bonchev–Trinajstić information content (AvgIpc) is 2.43. The van der Waals surface area contributed by atoms with Crippen LogP contribution in [0.5, 0.6) is 5.88 Å². The van der Waals surface area contributed by atoms with Crippen LogP contribution in [-0.4, -0.2) is 26.9 Å². The molecular formula is C12H17N5O3S. The van der Waals surface area contributed by atoms with Crippen molar-refractivity contribution < 1.29 is 9.90 Å². The normalized spacial score (nSPS) is 16.2. The third-order valence-corrected chi connectivity index (χ3v) is 3.76. The molecule has 0 aromatic carbocycles. The molecule has 8 nitrogen and oxygen atoms in total. The molecule has 5 N–H and O–H groups in total. The van der Waals surface area contributed by atoms with Crippen LogP contribution in [0.25, 0.3) is 0 Å². The molecule has 0 radical (unpaired) electrons. The number of carbonyl (C=O) groups excluding carboxylic acids is 1. The Morgan fingerprint density at radius 2 is 2.14 bits per heavy atom. The van der Waals surface area contributed by atoms with Crippen molar-refractivity contribution in [2.24, 2.45) is 10.8 Å². The summed E-state index contributed by atoms with van der Waals surface area (Å²) in [7, 11) is 0. The zero-order valence-electron chi connectivity index (χ0n) is 11.3. The quantitative estimate of drug-likeness (QED) is 0.379. The van der Waals surface area contributed by atoms with Crippen LogP contribution >= 0.6 is 12.2 Å². The number of nitrogens with one attached hydrogen (secondary N) is 2. The lowest BCUT2D eigenvalue weighted by Gasteiger charge is -2.25. The predicted molar refractivity (Wildman–Crippen MR) is 80.0 cm³/mol. The third-order valence-electron chi connectivity index (χ3n) is 3.46. The van der Waals surface area contributed by atoms with Crippen LogP contribution in [0.15, 0.2) is 9.90 Å². The lowest BCUT2D eigenvalue weighted by molar-refractivity contribution is 0.249. The van der Waals surface area contributed by atoms with Gasteiger partial charge in [-0.15, -0.1) is 0 Å². The van der Waals surface area contributed by atoms with Gasteiger partial charge in [0.15, 0.2) is 4.77 Å². The molecule has 21 heavy (non-hydrogen) atoms. The number of rotatable bonds is 3. The molecule has 1 aromatic rings. The van der Waals surface area contributed by atoms with E-state index in [4.69, 9.17) is 18.0 Å². The first-order valence-electron chi connectivity index (χ1n) is 6.67. The monoisotopic (exact) mass is 311 g/mol. The van der Waals surface area contributed by atoms with Crippen molar-refractivity contribution in [2.75, 3.05) is 0 Å². The molecule has 1 aliphatic carbocycles. The Morgan fingerprint density at radius 1 is 1.48 bits per heavy atom. The molecule has 1 aliphatic rings. The molecule has 2 rings (SSSR count). The van der Waals surface area contributed by atoms with E-state index in [1.54, 1.807) is 4.57 Å². The Labute approximate surface area is 125 Å². The molecule has 2 amide bonds. The van der Waals surface area contributed by atoms with Crippen molar-refractivity contribution in [2.45, 2.75) is 38.1 Å². The fraction of sp³-hybridized carbons (Fsp3) is 0.500. The number of H-pyrrole nitrogens is 1. The van der Waals surface area contributed by atoms with Gasteiger partial charge in [0.1, 0.15) is 5.56 Å². The van der Waals surface area contributed by atoms with Crippen LogP contribution in [0.2, 0.25) is 0 Å². The number of carbonyl (C=O) groups is 1. The minimum absolute atomic E-state index is 0.0550. The fourth-order valence-electron chi connectivity index (χ4n) is 2.51. The van der Waals surface area contributed by atoms with E-state index in [1.807, 2.05) is 5.43 Å². The molecule has 0 aliphatic heterocycles. The van der Waals surface area contributed by atoms with Crippen molar-refractivity contribution in [3.63, 3.8) is 0 Å². The molecule has 0 bridgehead atoms. The van der Waals surface area contributed by atoms with E-state index in [0.29, 0.717) is 0 Å². The van der Waals surface area contributed by atoms with Gasteiger partial charge in [0.05, 0.1) is 6.21 Å². The smallest absolute Gasteiger partial charge is 0.332 e. The second-order valence-electron chi connectivity index (χ2n) is 4.89. The Hall–Kier alpha value is -2.16. The van der Waals surface area contributed by atoms with E-state index in [2.05, 4.69) is 10.1 Å². The van der Waals surface area contributed by atoms with E-state index in [0.717, 1.165) is 38.3 Å². The van der Waals surface area contributed by atoms with E-state index in [1.165, 1.54) is 0 Å². The standard InChI is InChI=1S/C12H17N5O3S/c13-11(20)16-14-6-8-9(18)15-12(21)17(10(8)19)7-4-2-1-3-5-7/h6-7,19H,1-5H2,(H3,13,16,20)(H,15,18,21). The summed E-state index contributed by atoms with van der Waals surface area (Å²) in [5.74, 6) is -0.245. The molecule has 1 aromatic heterocycles. The number of nitrogens with zero attached hydrogens (tertiary/aromatic N) is 2. The van der Waals surface area contributed by atoms with Crippen molar-refractivity contribution >= 4 is 24.5 Å². The topological polar surface area (TPSA) is 126 Å². The Morgan fingerprint density at radius 3 is 2.76 bits per heavy atom. The number of hydrazone groups is 1. The van der Waals surface area contributed by atoms with Crippen LogP contribution in [0.4, 0.5) is 4.79 Å². The summed E-state index contributed by atoms with van der Waals surface area (Å²) >= 11 is 5.13. The molecule has 1 fully saturated rings. The maximum atomic E-state index is 11.8. The molecule has 0 unspecified atom stereocenters. The fourth-order valence-corrected chi connectivity index (χ4v) is 2.84. The second-order valence-corrected chi connectivity index (χ2v) is 5.28. The molecule has 114 valence electrons. The van der Waals surface area contributed by atoms with Gasteiger partial charge in [-0.3, -0.25) is 14.3 Å². The Balaban J connectivity index is 2.42. The van der Waals surface area contributed by atoms with E-state index in [-0.39, 0.29) is 22.3 Å². The van der Waals surface area contributed by atoms with Crippen molar-refractivity contribution in [1.82, 2.24) is 15.0 Å². The largest absolute Gasteiger partial charge is 0.494 e. The lowest BCUT2D eigenvalue weighted by Crippen LogP contribution is -2.26. The number of hydrogen-bond acceptors (Lipinski definition) is 5. The van der Waals surface area contributed by atoms with Gasteiger partial charge >= 0.3 is 6.03 Å².